The standard InChI is InChI=1S/C25H31FN6O2/c26-18-1-2-20-21(11-18)32(23(33)25(20)6-7-25)14-17-13-29-24(31-8-3-19(27)15-31)30-22(17)28-12-16-4-9-34-10-5-16/h1-2,11,13,16,19H,3-10,12,14-15,27H2,(H,28,29,30)/t19-/m0/s1. The maximum atomic E-state index is 14.1. The molecule has 1 amide bonds. The zero-order chi connectivity index (χ0) is 23.3. The van der Waals surface area contributed by atoms with Gasteiger partial charge in [0, 0.05) is 50.7 Å². The lowest BCUT2D eigenvalue weighted by Crippen LogP contribution is -2.32. The van der Waals surface area contributed by atoms with Gasteiger partial charge in [-0.05, 0) is 55.7 Å². The van der Waals surface area contributed by atoms with Crippen LogP contribution in [-0.2, 0) is 21.5 Å². The fraction of sp³-hybridized carbons (Fsp3) is 0.560. The molecule has 4 heterocycles. The lowest BCUT2D eigenvalue weighted by atomic mass is 9.98. The molecule has 1 aliphatic carbocycles. The number of carbonyl (C=O) groups excluding carboxylic acids is 1. The van der Waals surface area contributed by atoms with Crippen LogP contribution in [0.25, 0.3) is 0 Å². The summed E-state index contributed by atoms with van der Waals surface area (Å²) >= 11 is 0. The lowest BCUT2D eigenvalue weighted by molar-refractivity contribution is -0.120. The fourth-order valence-corrected chi connectivity index (χ4v) is 5.53. The predicted molar refractivity (Wildman–Crippen MR) is 127 cm³/mol. The van der Waals surface area contributed by atoms with Crippen LogP contribution in [0.3, 0.4) is 0 Å². The Morgan fingerprint density at radius 3 is 2.79 bits per heavy atom. The first-order valence-electron chi connectivity index (χ1n) is 12.3. The summed E-state index contributed by atoms with van der Waals surface area (Å²) < 4.78 is 19.6. The van der Waals surface area contributed by atoms with Crippen LogP contribution in [0.4, 0.5) is 21.8 Å². The number of rotatable bonds is 6. The molecule has 4 aliphatic rings. The van der Waals surface area contributed by atoms with E-state index in [2.05, 4.69) is 15.2 Å². The number of aromatic nitrogens is 2. The molecule has 1 aromatic carbocycles. The maximum absolute atomic E-state index is 14.1. The number of hydrogen-bond acceptors (Lipinski definition) is 7. The van der Waals surface area contributed by atoms with Crippen LogP contribution in [0, 0.1) is 11.7 Å². The van der Waals surface area contributed by atoms with Crippen LogP contribution in [0.1, 0.15) is 43.2 Å². The van der Waals surface area contributed by atoms with Crippen LogP contribution >= 0.6 is 0 Å². The van der Waals surface area contributed by atoms with Gasteiger partial charge in [-0.1, -0.05) is 6.07 Å². The molecule has 0 radical (unpaired) electrons. The second-order valence-corrected chi connectivity index (χ2v) is 10.1. The van der Waals surface area contributed by atoms with Gasteiger partial charge in [0.2, 0.25) is 11.9 Å². The molecule has 34 heavy (non-hydrogen) atoms. The summed E-state index contributed by atoms with van der Waals surface area (Å²) in [6.45, 7) is 4.24. The Morgan fingerprint density at radius 2 is 2.06 bits per heavy atom. The van der Waals surface area contributed by atoms with Crippen molar-refractivity contribution >= 4 is 23.4 Å². The number of nitrogens with two attached hydrogens (primary N) is 1. The molecule has 9 heteroatoms. The van der Waals surface area contributed by atoms with Crippen molar-refractivity contribution in [2.45, 2.75) is 50.1 Å². The van der Waals surface area contributed by atoms with Crippen molar-refractivity contribution in [1.82, 2.24) is 9.97 Å². The van der Waals surface area contributed by atoms with Crippen LogP contribution in [0.5, 0.6) is 0 Å². The third kappa shape index (κ3) is 3.80. The summed E-state index contributed by atoms with van der Waals surface area (Å²) in [5.74, 6) is 1.63. The Bertz CT molecular complexity index is 1100. The summed E-state index contributed by atoms with van der Waals surface area (Å²) in [5, 5.41) is 3.54. The minimum absolute atomic E-state index is 0.0538. The predicted octanol–water partition coefficient (Wildman–Crippen LogP) is 2.57. The van der Waals surface area contributed by atoms with Crippen molar-refractivity contribution in [3.05, 3.63) is 41.3 Å². The first kappa shape index (κ1) is 21.7. The molecule has 6 rings (SSSR count). The Balaban J connectivity index is 1.29. The van der Waals surface area contributed by atoms with Gasteiger partial charge in [0.05, 0.1) is 17.6 Å². The second-order valence-electron chi connectivity index (χ2n) is 10.1. The third-order valence-electron chi connectivity index (χ3n) is 7.76. The zero-order valence-corrected chi connectivity index (χ0v) is 19.3. The van der Waals surface area contributed by atoms with Crippen molar-refractivity contribution < 1.29 is 13.9 Å². The molecule has 0 bridgehead atoms. The number of benzene rings is 1. The van der Waals surface area contributed by atoms with Crippen molar-refractivity contribution in [1.29, 1.82) is 0 Å². The highest BCUT2D eigenvalue weighted by atomic mass is 19.1. The smallest absolute Gasteiger partial charge is 0.238 e. The monoisotopic (exact) mass is 466 g/mol. The quantitative estimate of drug-likeness (QED) is 0.675. The van der Waals surface area contributed by atoms with Gasteiger partial charge in [-0.15, -0.1) is 0 Å². The minimum Gasteiger partial charge on any atom is -0.381 e. The van der Waals surface area contributed by atoms with E-state index in [4.69, 9.17) is 15.5 Å². The Labute approximate surface area is 198 Å². The lowest BCUT2D eigenvalue weighted by Gasteiger charge is -2.25. The summed E-state index contributed by atoms with van der Waals surface area (Å²) in [7, 11) is 0. The molecular formula is C25H31FN6O2. The van der Waals surface area contributed by atoms with Gasteiger partial charge in [-0.25, -0.2) is 9.37 Å². The first-order valence-corrected chi connectivity index (χ1v) is 12.3. The number of hydrogen-bond donors (Lipinski definition) is 2. The van der Waals surface area contributed by atoms with Crippen LogP contribution in [-0.4, -0.2) is 54.8 Å². The number of halogens is 1. The van der Waals surface area contributed by atoms with E-state index in [9.17, 15) is 9.18 Å². The fourth-order valence-electron chi connectivity index (χ4n) is 5.53. The number of anilines is 3. The molecule has 2 aromatic rings. The molecule has 8 nitrogen and oxygen atoms in total. The number of carbonyl (C=O) groups is 1. The second kappa shape index (κ2) is 8.46. The van der Waals surface area contributed by atoms with Crippen LogP contribution < -0.4 is 20.9 Å². The number of nitrogens with zero attached hydrogens (tertiary/aromatic N) is 4. The highest BCUT2D eigenvalue weighted by molar-refractivity contribution is 6.10. The van der Waals surface area contributed by atoms with Gasteiger partial charge in [0.1, 0.15) is 11.6 Å². The summed E-state index contributed by atoms with van der Waals surface area (Å²) in [5.41, 5.74) is 8.08. The molecule has 3 N–H and O–H groups in total. The number of amides is 1. The van der Waals surface area contributed by atoms with Gasteiger partial charge in [-0.3, -0.25) is 4.79 Å². The van der Waals surface area contributed by atoms with E-state index in [0.717, 1.165) is 81.9 Å². The molecule has 1 aromatic heterocycles. The molecule has 1 saturated carbocycles. The van der Waals surface area contributed by atoms with E-state index in [1.807, 2.05) is 6.20 Å². The topological polar surface area (TPSA) is 96.6 Å². The largest absolute Gasteiger partial charge is 0.381 e. The van der Waals surface area contributed by atoms with Gasteiger partial charge in [-0.2, -0.15) is 4.98 Å². The summed E-state index contributed by atoms with van der Waals surface area (Å²) in [6, 6.07) is 4.84. The Kier molecular flexibility index (Phi) is 5.41. The normalized spacial score (nSPS) is 23.6. The van der Waals surface area contributed by atoms with Crippen molar-refractivity contribution in [2.75, 3.05) is 48.0 Å². The summed E-state index contributed by atoms with van der Waals surface area (Å²) in [4.78, 5) is 26.7. The van der Waals surface area contributed by atoms with Gasteiger partial charge >= 0.3 is 0 Å². The molecular weight excluding hydrogens is 435 g/mol. The number of ether oxygens (including phenoxy) is 1. The molecule has 3 aliphatic heterocycles. The van der Waals surface area contributed by atoms with E-state index in [1.165, 1.54) is 12.1 Å². The van der Waals surface area contributed by atoms with Crippen LogP contribution in [0.2, 0.25) is 0 Å². The number of nitrogens with one attached hydrogen (secondary N) is 1. The van der Waals surface area contributed by atoms with E-state index in [1.54, 1.807) is 11.0 Å². The van der Waals surface area contributed by atoms with E-state index in [0.29, 0.717) is 24.1 Å². The highest BCUT2D eigenvalue weighted by Gasteiger charge is 2.59. The Morgan fingerprint density at radius 1 is 1.24 bits per heavy atom. The SMILES string of the molecule is N[C@H]1CCN(c2ncc(CN3C(=O)C4(CC4)c4ccc(F)cc43)c(NCC3CCOCC3)n2)C1. The molecule has 1 spiro atoms. The van der Waals surface area contributed by atoms with Crippen molar-refractivity contribution in [2.24, 2.45) is 11.7 Å². The van der Waals surface area contributed by atoms with Crippen molar-refractivity contribution in [3.8, 4) is 0 Å². The maximum Gasteiger partial charge on any atom is 0.238 e. The zero-order valence-electron chi connectivity index (χ0n) is 19.3. The van der Waals surface area contributed by atoms with E-state index < -0.39 is 5.41 Å². The first-order chi connectivity index (χ1) is 16.5. The third-order valence-corrected chi connectivity index (χ3v) is 7.76. The molecule has 2 saturated heterocycles. The summed E-state index contributed by atoms with van der Waals surface area (Å²) in [6.07, 6.45) is 6.40. The average molecular weight is 467 g/mol. The van der Waals surface area contributed by atoms with Gasteiger partial charge in [0.15, 0.2) is 0 Å². The molecule has 1 atom stereocenters. The molecule has 0 unspecified atom stereocenters. The number of fused-ring (bicyclic) bond motifs is 2. The molecule has 3 fully saturated rings. The molecule has 180 valence electrons. The van der Waals surface area contributed by atoms with Gasteiger partial charge < -0.3 is 25.6 Å². The highest BCUT2D eigenvalue weighted by Crippen LogP contribution is 2.57. The van der Waals surface area contributed by atoms with E-state index in [-0.39, 0.29) is 17.8 Å². The van der Waals surface area contributed by atoms with E-state index >= 15 is 0 Å². The minimum atomic E-state index is -0.467. The Hall–Kier alpha value is -2.78. The van der Waals surface area contributed by atoms with Gasteiger partial charge in [0.25, 0.3) is 0 Å². The van der Waals surface area contributed by atoms with Crippen molar-refractivity contribution in [3.63, 3.8) is 0 Å². The van der Waals surface area contributed by atoms with Crippen LogP contribution in [0.15, 0.2) is 24.4 Å². The average Bonchev–Trinajstić information content (AvgIpc) is 3.49.